The van der Waals surface area contributed by atoms with E-state index in [4.69, 9.17) is 15.6 Å². The van der Waals surface area contributed by atoms with Crippen molar-refractivity contribution in [3.05, 3.63) is 12.4 Å². The van der Waals surface area contributed by atoms with Gasteiger partial charge in [-0.15, -0.1) is 11.8 Å². The molecule has 96 valence electrons. The van der Waals surface area contributed by atoms with E-state index in [1.807, 2.05) is 0 Å². The fourth-order valence-electron chi connectivity index (χ4n) is 1.81. The highest BCUT2D eigenvalue weighted by Crippen LogP contribution is 2.33. The smallest absolute Gasteiger partial charge is 0.312 e. The fourth-order valence-corrected chi connectivity index (χ4v) is 2.74. The lowest BCUT2D eigenvalue weighted by atomic mass is 10.5. The summed E-state index contributed by atoms with van der Waals surface area (Å²) in [5.74, 6) is 0.628. The highest BCUT2D eigenvalue weighted by molar-refractivity contribution is 8.00. The Morgan fingerprint density at radius 3 is 3.17 bits per heavy atom. The predicted molar refractivity (Wildman–Crippen MR) is 63.1 cm³/mol. The third-order valence-corrected chi connectivity index (χ3v) is 3.72. The van der Waals surface area contributed by atoms with E-state index in [0.29, 0.717) is 16.9 Å². The van der Waals surface area contributed by atoms with Crippen LogP contribution in [0.1, 0.15) is 6.23 Å². The van der Waals surface area contributed by atoms with E-state index in [2.05, 4.69) is 15.0 Å². The molecule has 18 heavy (non-hydrogen) atoms. The molecule has 1 aliphatic rings. The van der Waals surface area contributed by atoms with Crippen molar-refractivity contribution in [1.29, 1.82) is 0 Å². The second-order valence-corrected chi connectivity index (χ2v) is 4.93. The van der Waals surface area contributed by atoms with E-state index in [0.717, 1.165) is 0 Å². The number of ether oxygens (including phenoxy) is 1. The molecule has 0 unspecified atom stereocenters. The van der Waals surface area contributed by atoms with Crippen molar-refractivity contribution in [1.82, 2.24) is 19.5 Å². The van der Waals surface area contributed by atoms with E-state index in [-0.39, 0.29) is 24.1 Å². The third kappa shape index (κ3) is 1.80. The minimum atomic E-state index is -0.897. The molecule has 1 fully saturated rings. The average Bonchev–Trinajstić information content (AvgIpc) is 2.93. The van der Waals surface area contributed by atoms with Gasteiger partial charge < -0.3 is 15.6 Å². The summed E-state index contributed by atoms with van der Waals surface area (Å²) in [5.41, 5.74) is 5.93. The number of nitrogens with two attached hydrogens (primary N) is 1. The quantitative estimate of drug-likeness (QED) is 0.749. The number of aliphatic hydroxyl groups excluding tert-OH is 1. The number of thioether (sulfide) groups is 1. The molecule has 0 spiro atoms. The van der Waals surface area contributed by atoms with Crippen LogP contribution in [0.5, 0.6) is 0 Å². The van der Waals surface area contributed by atoms with Crippen LogP contribution in [0.4, 0.5) is 10.2 Å². The first-order valence-corrected chi connectivity index (χ1v) is 6.27. The first kappa shape index (κ1) is 11.6. The normalized spacial score (nSPS) is 23.9. The van der Waals surface area contributed by atoms with Crippen molar-refractivity contribution in [2.75, 3.05) is 18.1 Å². The van der Waals surface area contributed by atoms with E-state index in [1.165, 1.54) is 18.1 Å². The first-order chi connectivity index (χ1) is 8.69. The molecular weight excluding hydrogens is 261 g/mol. The van der Waals surface area contributed by atoms with Gasteiger partial charge in [-0.2, -0.15) is 14.4 Å². The molecule has 0 bridgehead atoms. The molecule has 3 rings (SSSR count). The van der Waals surface area contributed by atoms with Crippen molar-refractivity contribution < 1.29 is 14.2 Å². The molecule has 9 heteroatoms. The zero-order valence-electron chi connectivity index (χ0n) is 9.15. The molecule has 0 amide bonds. The zero-order chi connectivity index (χ0) is 12.7. The predicted octanol–water partition coefficient (Wildman–Crippen LogP) is 0.128. The summed E-state index contributed by atoms with van der Waals surface area (Å²) in [5, 5.41) is 9.01. The summed E-state index contributed by atoms with van der Waals surface area (Å²) in [7, 11) is 0. The second kappa shape index (κ2) is 4.34. The second-order valence-electron chi connectivity index (χ2n) is 3.74. The molecule has 2 atom stereocenters. The molecule has 2 aromatic rings. The van der Waals surface area contributed by atoms with Crippen LogP contribution in [0.25, 0.3) is 11.2 Å². The summed E-state index contributed by atoms with van der Waals surface area (Å²) in [6, 6.07) is 0. The number of anilines is 1. The average molecular weight is 271 g/mol. The SMILES string of the molecule is Nc1nc(F)nc2c1ncn2[C@H]1CS[C@H](CO)O1. The van der Waals surface area contributed by atoms with Crippen LogP contribution in [0.2, 0.25) is 0 Å². The minimum absolute atomic E-state index is 0.000563. The van der Waals surface area contributed by atoms with Crippen LogP contribution in [-0.2, 0) is 4.74 Å². The van der Waals surface area contributed by atoms with Gasteiger partial charge in [0, 0.05) is 5.75 Å². The number of aliphatic hydroxyl groups is 1. The summed E-state index contributed by atoms with van der Waals surface area (Å²) in [6.07, 6.45) is 0.247. The highest BCUT2D eigenvalue weighted by atomic mass is 32.2. The third-order valence-electron chi connectivity index (χ3n) is 2.61. The molecule has 0 saturated carbocycles. The molecule has 3 N–H and O–H groups in total. The molecule has 2 aromatic heterocycles. The molecular formula is C9H10FN5O2S. The van der Waals surface area contributed by atoms with Gasteiger partial charge in [-0.25, -0.2) is 4.98 Å². The molecule has 0 radical (unpaired) electrons. The lowest BCUT2D eigenvalue weighted by Gasteiger charge is -2.12. The van der Waals surface area contributed by atoms with E-state index >= 15 is 0 Å². The van der Waals surface area contributed by atoms with Crippen molar-refractivity contribution >= 4 is 28.7 Å². The maximum Gasteiger partial charge on any atom is 0.312 e. The van der Waals surface area contributed by atoms with Gasteiger partial charge in [0.2, 0.25) is 0 Å². The maximum absolute atomic E-state index is 13.2. The zero-order valence-corrected chi connectivity index (χ0v) is 9.97. The Morgan fingerprint density at radius 1 is 1.61 bits per heavy atom. The van der Waals surface area contributed by atoms with Gasteiger partial charge in [0.15, 0.2) is 17.0 Å². The Morgan fingerprint density at radius 2 is 2.44 bits per heavy atom. The van der Waals surface area contributed by atoms with E-state index < -0.39 is 6.08 Å². The number of nitrogens with zero attached hydrogens (tertiary/aromatic N) is 4. The van der Waals surface area contributed by atoms with Crippen LogP contribution < -0.4 is 5.73 Å². The minimum Gasteiger partial charge on any atom is -0.393 e. The number of fused-ring (bicyclic) bond motifs is 1. The van der Waals surface area contributed by atoms with Crippen molar-refractivity contribution in [3.8, 4) is 0 Å². The van der Waals surface area contributed by atoms with Crippen LogP contribution in [0.15, 0.2) is 6.33 Å². The molecule has 0 aliphatic carbocycles. The van der Waals surface area contributed by atoms with Crippen molar-refractivity contribution in [2.45, 2.75) is 11.7 Å². The number of aromatic nitrogens is 4. The monoisotopic (exact) mass is 271 g/mol. The molecule has 7 nitrogen and oxygen atoms in total. The van der Waals surface area contributed by atoms with Gasteiger partial charge in [-0.1, -0.05) is 0 Å². The van der Waals surface area contributed by atoms with E-state index in [1.54, 1.807) is 4.57 Å². The number of halogens is 1. The van der Waals surface area contributed by atoms with Gasteiger partial charge in [0.25, 0.3) is 0 Å². The molecule has 1 aliphatic heterocycles. The Balaban J connectivity index is 2.03. The van der Waals surface area contributed by atoms with E-state index in [9.17, 15) is 4.39 Å². The fraction of sp³-hybridized carbons (Fsp3) is 0.444. The van der Waals surface area contributed by atoms with Crippen molar-refractivity contribution in [3.63, 3.8) is 0 Å². The first-order valence-electron chi connectivity index (χ1n) is 5.22. The standard InChI is InChI=1S/C9H10FN5O2S/c10-9-13-7(11)6-8(14-9)15(3-12-6)4-2-18-5(1-16)17-4/h3-5,16H,1-2H2,(H2,11,13,14)/t4-,5-/m1/s1. The Kier molecular flexibility index (Phi) is 2.80. The Bertz CT molecular complexity index is 592. The Hall–Kier alpha value is -1.45. The van der Waals surface area contributed by atoms with Gasteiger partial charge in [0.1, 0.15) is 11.7 Å². The maximum atomic E-state index is 13.2. The Labute approximate surface area is 105 Å². The number of nitrogen functional groups attached to an aromatic ring is 1. The van der Waals surface area contributed by atoms with Crippen LogP contribution in [-0.4, -0.2) is 42.4 Å². The molecule has 3 heterocycles. The molecule has 1 saturated heterocycles. The number of hydrogen-bond donors (Lipinski definition) is 2. The number of hydrogen-bond acceptors (Lipinski definition) is 7. The van der Waals surface area contributed by atoms with Gasteiger partial charge in [-0.3, -0.25) is 4.57 Å². The highest BCUT2D eigenvalue weighted by Gasteiger charge is 2.28. The summed E-state index contributed by atoms with van der Waals surface area (Å²) in [4.78, 5) is 11.1. The summed E-state index contributed by atoms with van der Waals surface area (Å²) in [6.45, 7) is -0.0702. The topological polar surface area (TPSA) is 99.1 Å². The summed E-state index contributed by atoms with van der Waals surface area (Å²) < 4.78 is 20.3. The number of rotatable bonds is 2. The van der Waals surface area contributed by atoms with Gasteiger partial charge in [0.05, 0.1) is 12.9 Å². The lowest BCUT2D eigenvalue weighted by molar-refractivity contribution is -0.00195. The summed E-state index contributed by atoms with van der Waals surface area (Å²) >= 11 is 1.48. The van der Waals surface area contributed by atoms with Crippen LogP contribution >= 0.6 is 11.8 Å². The molecule has 0 aromatic carbocycles. The number of imidazole rings is 1. The largest absolute Gasteiger partial charge is 0.393 e. The lowest BCUT2D eigenvalue weighted by Crippen LogP contribution is -2.14. The van der Waals surface area contributed by atoms with Crippen molar-refractivity contribution in [2.24, 2.45) is 0 Å². The van der Waals surface area contributed by atoms with Crippen LogP contribution in [0, 0.1) is 6.08 Å². The van der Waals surface area contributed by atoms with Gasteiger partial charge >= 0.3 is 6.08 Å². The van der Waals surface area contributed by atoms with Gasteiger partial charge in [-0.05, 0) is 0 Å². The van der Waals surface area contributed by atoms with Crippen LogP contribution in [0.3, 0.4) is 0 Å².